The second-order valence-corrected chi connectivity index (χ2v) is 3.97. The Balaban J connectivity index is 2.08. The van der Waals surface area contributed by atoms with Gasteiger partial charge in [0.05, 0.1) is 11.6 Å². The molecular weight excluding hydrogens is 229 g/mol. The Bertz CT molecular complexity index is 585. The average molecular weight is 241 g/mol. The summed E-state index contributed by atoms with van der Waals surface area (Å²) in [4.78, 5) is 4.28. The molecular formula is C14H12FN3. The lowest BCUT2D eigenvalue weighted by Gasteiger charge is -2.07. The summed E-state index contributed by atoms with van der Waals surface area (Å²) in [6.45, 7) is 2.38. The van der Waals surface area contributed by atoms with E-state index in [1.807, 2.05) is 6.92 Å². The van der Waals surface area contributed by atoms with Crippen molar-refractivity contribution >= 4 is 5.82 Å². The molecule has 0 fully saturated rings. The van der Waals surface area contributed by atoms with Gasteiger partial charge in [-0.15, -0.1) is 0 Å². The van der Waals surface area contributed by atoms with Crippen molar-refractivity contribution in [3.05, 3.63) is 59.0 Å². The third kappa shape index (κ3) is 3.05. The normalized spacial score (nSPS) is 9.83. The standard InChI is InChI=1S/C14H12FN3/c1-10-6-12(8-16)7-14(18-10)17-9-11-2-4-13(15)5-3-11/h2-7H,9H2,1H3,(H,17,18). The van der Waals surface area contributed by atoms with Crippen LogP contribution in [0, 0.1) is 24.1 Å². The number of halogens is 1. The van der Waals surface area contributed by atoms with Crippen LogP contribution in [0.5, 0.6) is 0 Å². The topological polar surface area (TPSA) is 48.7 Å². The zero-order valence-electron chi connectivity index (χ0n) is 9.94. The van der Waals surface area contributed by atoms with E-state index >= 15 is 0 Å². The van der Waals surface area contributed by atoms with Crippen LogP contribution in [0.2, 0.25) is 0 Å². The molecule has 4 heteroatoms. The van der Waals surface area contributed by atoms with Crippen LogP contribution in [0.15, 0.2) is 36.4 Å². The molecule has 0 atom stereocenters. The van der Waals surface area contributed by atoms with Gasteiger partial charge in [0.25, 0.3) is 0 Å². The number of hydrogen-bond donors (Lipinski definition) is 1. The van der Waals surface area contributed by atoms with Crippen LogP contribution in [0.4, 0.5) is 10.2 Å². The van der Waals surface area contributed by atoms with Crippen LogP contribution in [-0.2, 0) is 6.54 Å². The van der Waals surface area contributed by atoms with E-state index in [1.54, 1.807) is 24.3 Å². The summed E-state index contributed by atoms with van der Waals surface area (Å²) >= 11 is 0. The molecule has 2 rings (SSSR count). The molecule has 1 aromatic carbocycles. The highest BCUT2D eigenvalue weighted by Gasteiger charge is 2.00. The van der Waals surface area contributed by atoms with Crippen molar-refractivity contribution in [3.63, 3.8) is 0 Å². The Morgan fingerprint density at radius 1 is 1.28 bits per heavy atom. The van der Waals surface area contributed by atoms with Gasteiger partial charge in [0.15, 0.2) is 0 Å². The number of nitriles is 1. The molecule has 1 heterocycles. The molecule has 1 N–H and O–H groups in total. The van der Waals surface area contributed by atoms with Gasteiger partial charge in [-0.2, -0.15) is 5.26 Å². The molecule has 0 aliphatic rings. The van der Waals surface area contributed by atoms with Crippen LogP contribution < -0.4 is 5.32 Å². The van der Waals surface area contributed by atoms with Crippen molar-refractivity contribution < 1.29 is 4.39 Å². The Kier molecular flexibility index (Phi) is 3.54. The van der Waals surface area contributed by atoms with Gasteiger partial charge in [-0.1, -0.05) is 12.1 Å². The van der Waals surface area contributed by atoms with Gasteiger partial charge in [-0.3, -0.25) is 0 Å². The molecule has 18 heavy (non-hydrogen) atoms. The SMILES string of the molecule is Cc1cc(C#N)cc(NCc2ccc(F)cc2)n1. The maximum atomic E-state index is 12.7. The summed E-state index contributed by atoms with van der Waals surface area (Å²) in [6, 6.07) is 11.8. The lowest BCUT2D eigenvalue weighted by Crippen LogP contribution is -2.02. The lowest BCUT2D eigenvalue weighted by molar-refractivity contribution is 0.627. The summed E-state index contributed by atoms with van der Waals surface area (Å²) in [7, 11) is 0. The number of nitrogens with one attached hydrogen (secondary N) is 1. The first kappa shape index (κ1) is 12.1. The van der Waals surface area contributed by atoms with Gasteiger partial charge in [0.2, 0.25) is 0 Å². The molecule has 90 valence electrons. The van der Waals surface area contributed by atoms with Crippen LogP contribution >= 0.6 is 0 Å². The molecule has 0 saturated heterocycles. The molecule has 1 aromatic heterocycles. The fourth-order valence-electron chi connectivity index (χ4n) is 1.62. The van der Waals surface area contributed by atoms with E-state index in [-0.39, 0.29) is 5.82 Å². The number of rotatable bonds is 3. The quantitative estimate of drug-likeness (QED) is 0.898. The molecule has 0 amide bonds. The van der Waals surface area contributed by atoms with Crippen molar-refractivity contribution in [1.82, 2.24) is 4.98 Å². The van der Waals surface area contributed by atoms with Gasteiger partial charge in [0.1, 0.15) is 11.6 Å². The summed E-state index contributed by atoms with van der Waals surface area (Å²) < 4.78 is 12.7. The number of benzene rings is 1. The predicted molar refractivity (Wildman–Crippen MR) is 67.4 cm³/mol. The van der Waals surface area contributed by atoms with Crippen LogP contribution in [0.1, 0.15) is 16.8 Å². The number of aryl methyl sites for hydroxylation is 1. The van der Waals surface area contributed by atoms with Crippen LogP contribution in [-0.4, -0.2) is 4.98 Å². The maximum absolute atomic E-state index is 12.7. The zero-order chi connectivity index (χ0) is 13.0. The van der Waals surface area contributed by atoms with E-state index < -0.39 is 0 Å². The molecule has 0 aliphatic heterocycles. The third-order valence-electron chi connectivity index (χ3n) is 2.47. The summed E-state index contributed by atoms with van der Waals surface area (Å²) in [6.07, 6.45) is 0. The average Bonchev–Trinajstić information content (AvgIpc) is 2.37. The maximum Gasteiger partial charge on any atom is 0.127 e. The van der Waals surface area contributed by atoms with E-state index in [0.29, 0.717) is 17.9 Å². The number of pyridine rings is 1. The number of hydrogen-bond acceptors (Lipinski definition) is 3. The number of anilines is 1. The molecule has 0 saturated carbocycles. The highest BCUT2D eigenvalue weighted by atomic mass is 19.1. The Morgan fingerprint density at radius 3 is 2.67 bits per heavy atom. The number of nitrogens with zero attached hydrogens (tertiary/aromatic N) is 2. The molecule has 0 aliphatic carbocycles. The van der Waals surface area contributed by atoms with Gasteiger partial charge in [-0.05, 0) is 36.8 Å². The predicted octanol–water partition coefficient (Wildman–Crippen LogP) is 3.01. The lowest BCUT2D eigenvalue weighted by atomic mass is 10.2. The van der Waals surface area contributed by atoms with Gasteiger partial charge in [-0.25, -0.2) is 9.37 Å². The van der Waals surface area contributed by atoms with Crippen molar-refractivity contribution in [1.29, 1.82) is 5.26 Å². The summed E-state index contributed by atoms with van der Waals surface area (Å²) in [5.41, 5.74) is 2.32. The summed E-state index contributed by atoms with van der Waals surface area (Å²) in [5.74, 6) is 0.398. The van der Waals surface area contributed by atoms with Crippen LogP contribution in [0.25, 0.3) is 0 Å². The van der Waals surface area contributed by atoms with Gasteiger partial charge < -0.3 is 5.32 Å². The van der Waals surface area contributed by atoms with Crippen molar-refractivity contribution in [2.45, 2.75) is 13.5 Å². The summed E-state index contributed by atoms with van der Waals surface area (Å²) in [5, 5.41) is 12.0. The molecule has 0 radical (unpaired) electrons. The van der Waals surface area contributed by atoms with E-state index in [2.05, 4.69) is 16.4 Å². The highest BCUT2D eigenvalue weighted by molar-refractivity contribution is 5.44. The highest BCUT2D eigenvalue weighted by Crippen LogP contribution is 2.11. The minimum absolute atomic E-state index is 0.251. The molecule has 3 nitrogen and oxygen atoms in total. The molecule has 0 unspecified atom stereocenters. The second-order valence-electron chi connectivity index (χ2n) is 3.97. The molecule has 0 spiro atoms. The smallest absolute Gasteiger partial charge is 0.127 e. The van der Waals surface area contributed by atoms with Crippen molar-refractivity contribution in [2.24, 2.45) is 0 Å². The van der Waals surface area contributed by atoms with E-state index in [9.17, 15) is 4.39 Å². The Labute approximate surface area is 105 Å². The van der Waals surface area contributed by atoms with E-state index in [1.165, 1.54) is 12.1 Å². The monoisotopic (exact) mass is 241 g/mol. The van der Waals surface area contributed by atoms with Gasteiger partial charge >= 0.3 is 0 Å². The number of aromatic nitrogens is 1. The fourth-order valence-corrected chi connectivity index (χ4v) is 1.62. The first-order valence-corrected chi connectivity index (χ1v) is 5.54. The van der Waals surface area contributed by atoms with Gasteiger partial charge in [0, 0.05) is 12.2 Å². The zero-order valence-corrected chi connectivity index (χ0v) is 9.94. The first-order chi connectivity index (χ1) is 8.67. The first-order valence-electron chi connectivity index (χ1n) is 5.54. The second kappa shape index (κ2) is 5.28. The fraction of sp³-hybridized carbons (Fsp3) is 0.143. The van der Waals surface area contributed by atoms with E-state index in [4.69, 9.17) is 5.26 Å². The minimum atomic E-state index is -0.251. The third-order valence-corrected chi connectivity index (χ3v) is 2.47. The van der Waals surface area contributed by atoms with E-state index in [0.717, 1.165) is 11.3 Å². The van der Waals surface area contributed by atoms with Crippen LogP contribution in [0.3, 0.4) is 0 Å². The largest absolute Gasteiger partial charge is 0.366 e. The Hall–Kier alpha value is -2.41. The van der Waals surface area contributed by atoms with Crippen molar-refractivity contribution in [2.75, 3.05) is 5.32 Å². The van der Waals surface area contributed by atoms with Crippen molar-refractivity contribution in [3.8, 4) is 6.07 Å². The molecule has 2 aromatic rings. The Morgan fingerprint density at radius 2 is 2.00 bits per heavy atom. The minimum Gasteiger partial charge on any atom is -0.366 e. The molecule has 0 bridgehead atoms.